The van der Waals surface area contributed by atoms with Crippen molar-refractivity contribution >= 4 is 28.9 Å². The van der Waals surface area contributed by atoms with Crippen molar-refractivity contribution in [2.75, 3.05) is 11.1 Å². The van der Waals surface area contributed by atoms with Crippen LogP contribution in [0.3, 0.4) is 0 Å². The average molecular weight is 391 g/mol. The predicted molar refractivity (Wildman–Crippen MR) is 107 cm³/mol. The summed E-state index contributed by atoms with van der Waals surface area (Å²) in [5.41, 5.74) is 9.19. The molecule has 28 heavy (non-hydrogen) atoms. The number of imidazole rings is 1. The second-order valence-electron chi connectivity index (χ2n) is 6.15. The fraction of sp³-hybridized carbons (Fsp3) is 0.105. The number of fused-ring (bicyclic) bond motifs is 1. The van der Waals surface area contributed by atoms with E-state index in [-0.39, 0.29) is 17.4 Å². The summed E-state index contributed by atoms with van der Waals surface area (Å²) in [6.07, 6.45) is 4.79. The highest BCUT2D eigenvalue weighted by Crippen LogP contribution is 2.31. The van der Waals surface area contributed by atoms with Crippen LogP contribution < -0.4 is 11.1 Å². The summed E-state index contributed by atoms with van der Waals surface area (Å²) in [7, 11) is 0. The molecule has 3 N–H and O–H groups in total. The van der Waals surface area contributed by atoms with E-state index in [9.17, 15) is 5.26 Å². The van der Waals surface area contributed by atoms with Crippen molar-refractivity contribution in [1.29, 1.82) is 5.26 Å². The van der Waals surface area contributed by atoms with Crippen LogP contribution in [0.4, 0.5) is 11.6 Å². The molecule has 3 aromatic heterocycles. The molecule has 138 valence electrons. The van der Waals surface area contributed by atoms with Crippen molar-refractivity contribution in [1.82, 2.24) is 24.6 Å². The largest absolute Gasteiger partial charge is 0.382 e. The number of hydrogen-bond donors (Lipinski definition) is 2. The van der Waals surface area contributed by atoms with Crippen molar-refractivity contribution in [2.45, 2.75) is 13.0 Å². The first-order valence-corrected chi connectivity index (χ1v) is 8.82. The van der Waals surface area contributed by atoms with Gasteiger partial charge in [-0.1, -0.05) is 23.7 Å². The summed E-state index contributed by atoms with van der Waals surface area (Å²) in [6, 6.07) is 11.2. The minimum absolute atomic E-state index is 0.129. The Hall–Kier alpha value is -3.70. The molecule has 0 saturated carbocycles. The van der Waals surface area contributed by atoms with E-state index in [1.807, 2.05) is 43.3 Å². The number of benzene rings is 1. The molecule has 1 aromatic carbocycles. The van der Waals surface area contributed by atoms with Crippen LogP contribution >= 0.6 is 11.6 Å². The Labute approximate surface area is 165 Å². The van der Waals surface area contributed by atoms with Gasteiger partial charge in [0.2, 0.25) is 0 Å². The van der Waals surface area contributed by atoms with Gasteiger partial charge in [-0.2, -0.15) is 10.4 Å². The number of nitrogens with two attached hydrogens (primary N) is 1. The normalized spacial score (nSPS) is 11.9. The van der Waals surface area contributed by atoms with E-state index in [1.165, 1.54) is 6.33 Å². The van der Waals surface area contributed by atoms with E-state index in [0.29, 0.717) is 16.5 Å². The lowest BCUT2D eigenvalue weighted by Gasteiger charge is -2.19. The maximum absolute atomic E-state index is 9.37. The zero-order valence-electron chi connectivity index (χ0n) is 14.8. The van der Waals surface area contributed by atoms with Gasteiger partial charge in [-0.3, -0.25) is 0 Å². The van der Waals surface area contributed by atoms with Gasteiger partial charge in [0.1, 0.15) is 29.6 Å². The third-order valence-corrected chi connectivity index (χ3v) is 4.56. The Kier molecular flexibility index (Phi) is 4.51. The molecule has 9 heteroatoms. The van der Waals surface area contributed by atoms with E-state index in [2.05, 4.69) is 20.3 Å². The van der Waals surface area contributed by atoms with Crippen LogP contribution in [-0.4, -0.2) is 24.6 Å². The van der Waals surface area contributed by atoms with Gasteiger partial charge in [-0.05, 0) is 25.1 Å². The summed E-state index contributed by atoms with van der Waals surface area (Å²) < 4.78 is 1.70. The van der Waals surface area contributed by atoms with Crippen molar-refractivity contribution in [3.05, 3.63) is 65.2 Å². The summed E-state index contributed by atoms with van der Waals surface area (Å²) in [6.45, 7) is 1.95. The minimum atomic E-state index is -0.246. The molecule has 4 aromatic rings. The molecule has 0 spiro atoms. The third kappa shape index (κ3) is 3.19. The van der Waals surface area contributed by atoms with Gasteiger partial charge in [0.05, 0.1) is 11.7 Å². The summed E-state index contributed by atoms with van der Waals surface area (Å²) >= 11 is 6.18. The summed E-state index contributed by atoms with van der Waals surface area (Å²) in [5.74, 6) is 0.492. The molecule has 0 bridgehead atoms. The molecule has 1 unspecified atom stereocenters. The van der Waals surface area contributed by atoms with Crippen LogP contribution in [0.15, 0.2) is 49.1 Å². The minimum Gasteiger partial charge on any atom is -0.382 e. The van der Waals surface area contributed by atoms with Gasteiger partial charge < -0.3 is 11.1 Å². The van der Waals surface area contributed by atoms with Gasteiger partial charge in [0, 0.05) is 28.5 Å². The smallest absolute Gasteiger partial charge is 0.153 e. The molecule has 0 aliphatic carbocycles. The molecular formula is C19H15ClN8. The molecule has 0 fully saturated rings. The Bertz CT molecular complexity index is 1210. The van der Waals surface area contributed by atoms with E-state index in [0.717, 1.165) is 16.8 Å². The molecule has 0 amide bonds. The Balaban J connectivity index is 1.82. The fourth-order valence-electron chi connectivity index (χ4n) is 2.96. The monoisotopic (exact) mass is 390 g/mol. The van der Waals surface area contributed by atoms with Crippen molar-refractivity contribution in [2.24, 2.45) is 0 Å². The third-order valence-electron chi connectivity index (χ3n) is 4.32. The lowest BCUT2D eigenvalue weighted by atomic mass is 10.0. The van der Waals surface area contributed by atoms with E-state index >= 15 is 0 Å². The SMILES string of the molecule is CC(Nc1ncnc(N)c1C#N)c1cc2nccn2nc1-c1cccc(Cl)c1. The maximum Gasteiger partial charge on any atom is 0.153 e. The fourth-order valence-corrected chi connectivity index (χ4v) is 3.15. The van der Waals surface area contributed by atoms with Crippen LogP contribution in [0.2, 0.25) is 5.02 Å². The quantitative estimate of drug-likeness (QED) is 0.547. The number of hydrogen-bond acceptors (Lipinski definition) is 7. The van der Waals surface area contributed by atoms with Crippen molar-refractivity contribution in [3.63, 3.8) is 0 Å². The molecular weight excluding hydrogens is 376 g/mol. The number of nitrogens with one attached hydrogen (secondary N) is 1. The van der Waals surface area contributed by atoms with Crippen LogP contribution in [0.5, 0.6) is 0 Å². The number of aromatic nitrogens is 5. The lowest BCUT2D eigenvalue weighted by Crippen LogP contribution is -2.13. The summed E-state index contributed by atoms with van der Waals surface area (Å²) in [5, 5.41) is 17.9. The standard InChI is InChI=1S/C19H15ClN8/c1-11(26-19-15(9-21)18(22)24-10-25-19)14-8-16-23-5-6-28(16)27-17(14)12-3-2-4-13(20)7-12/h2-8,10-11H,1H3,(H3,22,24,25,26). The number of rotatable bonds is 4. The number of nitriles is 1. The van der Waals surface area contributed by atoms with Crippen LogP contribution in [-0.2, 0) is 0 Å². The molecule has 1 atom stereocenters. The Morgan fingerprint density at radius 1 is 1.25 bits per heavy atom. The van der Waals surface area contributed by atoms with E-state index in [1.54, 1.807) is 16.9 Å². The van der Waals surface area contributed by atoms with E-state index < -0.39 is 0 Å². The number of nitrogen functional groups attached to an aromatic ring is 1. The number of anilines is 2. The van der Waals surface area contributed by atoms with Crippen molar-refractivity contribution < 1.29 is 0 Å². The number of nitrogens with zero attached hydrogens (tertiary/aromatic N) is 6. The van der Waals surface area contributed by atoms with Crippen LogP contribution in [0.1, 0.15) is 24.1 Å². The first-order valence-electron chi connectivity index (χ1n) is 8.44. The second-order valence-corrected chi connectivity index (χ2v) is 6.59. The van der Waals surface area contributed by atoms with Gasteiger partial charge in [0.25, 0.3) is 0 Å². The Morgan fingerprint density at radius 2 is 2.11 bits per heavy atom. The molecule has 4 rings (SSSR count). The molecule has 8 nitrogen and oxygen atoms in total. The van der Waals surface area contributed by atoms with Gasteiger partial charge >= 0.3 is 0 Å². The van der Waals surface area contributed by atoms with Gasteiger partial charge in [-0.25, -0.2) is 19.5 Å². The zero-order valence-corrected chi connectivity index (χ0v) is 15.6. The second kappa shape index (κ2) is 7.13. The molecule has 3 heterocycles. The average Bonchev–Trinajstić information content (AvgIpc) is 3.15. The molecule has 0 aliphatic rings. The first-order chi connectivity index (χ1) is 13.6. The maximum atomic E-state index is 9.37. The molecule has 0 saturated heterocycles. The van der Waals surface area contributed by atoms with Crippen LogP contribution in [0.25, 0.3) is 16.9 Å². The topological polar surface area (TPSA) is 118 Å². The highest BCUT2D eigenvalue weighted by molar-refractivity contribution is 6.30. The lowest BCUT2D eigenvalue weighted by molar-refractivity contribution is 0.840. The predicted octanol–water partition coefficient (Wildman–Crippen LogP) is 3.47. The molecule has 0 aliphatic heterocycles. The van der Waals surface area contributed by atoms with Crippen LogP contribution in [0, 0.1) is 11.3 Å². The zero-order chi connectivity index (χ0) is 19.7. The van der Waals surface area contributed by atoms with Gasteiger partial charge in [0.15, 0.2) is 5.65 Å². The highest BCUT2D eigenvalue weighted by atomic mass is 35.5. The summed E-state index contributed by atoms with van der Waals surface area (Å²) in [4.78, 5) is 12.3. The number of halogens is 1. The van der Waals surface area contributed by atoms with Crippen molar-refractivity contribution in [3.8, 4) is 17.3 Å². The molecule has 0 radical (unpaired) electrons. The highest BCUT2D eigenvalue weighted by Gasteiger charge is 2.19. The first kappa shape index (κ1) is 17.7. The van der Waals surface area contributed by atoms with Gasteiger partial charge in [-0.15, -0.1) is 0 Å². The Morgan fingerprint density at radius 3 is 2.89 bits per heavy atom. The van der Waals surface area contributed by atoms with E-state index in [4.69, 9.17) is 22.4 Å².